The standard InChI is InChI=1S/C11H13NO/c1-2-5-10-8-6-3-4-7-9(8)11(13)12-10/h3-4,6-7,10H,2,5H2,1H3,(H,12,13)/t10-/m1/s1. The number of hydrogen-bond donors (Lipinski definition) is 1. The number of amides is 1. The fraction of sp³-hybridized carbons (Fsp3) is 0.364. The van der Waals surface area contributed by atoms with E-state index in [1.54, 1.807) is 0 Å². The van der Waals surface area contributed by atoms with E-state index in [1.165, 1.54) is 0 Å². The van der Waals surface area contributed by atoms with Crippen molar-refractivity contribution in [1.29, 1.82) is 0 Å². The van der Waals surface area contributed by atoms with Crippen LogP contribution in [-0.4, -0.2) is 5.91 Å². The summed E-state index contributed by atoms with van der Waals surface area (Å²) in [6.07, 6.45) is 2.13. The van der Waals surface area contributed by atoms with E-state index in [-0.39, 0.29) is 11.9 Å². The summed E-state index contributed by atoms with van der Waals surface area (Å²) in [7, 11) is 0. The summed E-state index contributed by atoms with van der Waals surface area (Å²) < 4.78 is 0. The van der Waals surface area contributed by atoms with Gasteiger partial charge in [-0.2, -0.15) is 0 Å². The first-order chi connectivity index (χ1) is 6.33. The van der Waals surface area contributed by atoms with E-state index >= 15 is 0 Å². The smallest absolute Gasteiger partial charge is 0.252 e. The molecule has 2 rings (SSSR count). The molecule has 1 atom stereocenters. The Morgan fingerprint density at radius 2 is 2.15 bits per heavy atom. The third kappa shape index (κ3) is 1.32. The van der Waals surface area contributed by atoms with Gasteiger partial charge in [0, 0.05) is 5.56 Å². The quantitative estimate of drug-likeness (QED) is 0.734. The van der Waals surface area contributed by atoms with Gasteiger partial charge in [-0.05, 0) is 18.1 Å². The molecular formula is C11H13NO. The van der Waals surface area contributed by atoms with Crippen molar-refractivity contribution in [3.8, 4) is 0 Å². The van der Waals surface area contributed by atoms with Crippen molar-refractivity contribution in [3.63, 3.8) is 0 Å². The Morgan fingerprint density at radius 3 is 2.92 bits per heavy atom. The molecule has 0 fully saturated rings. The summed E-state index contributed by atoms with van der Waals surface area (Å²) in [4.78, 5) is 11.4. The summed E-state index contributed by atoms with van der Waals surface area (Å²) in [5, 5.41) is 2.98. The number of rotatable bonds is 2. The molecule has 68 valence electrons. The first-order valence-electron chi connectivity index (χ1n) is 4.72. The van der Waals surface area contributed by atoms with E-state index in [0.29, 0.717) is 0 Å². The molecule has 0 spiro atoms. The van der Waals surface area contributed by atoms with Gasteiger partial charge in [0.2, 0.25) is 0 Å². The second-order valence-corrected chi connectivity index (χ2v) is 3.40. The van der Waals surface area contributed by atoms with Crippen LogP contribution < -0.4 is 5.32 Å². The second-order valence-electron chi connectivity index (χ2n) is 3.40. The predicted molar refractivity (Wildman–Crippen MR) is 51.6 cm³/mol. The number of carbonyl (C=O) groups is 1. The van der Waals surface area contributed by atoms with Crippen molar-refractivity contribution in [3.05, 3.63) is 35.4 Å². The molecule has 1 N–H and O–H groups in total. The Kier molecular flexibility index (Phi) is 2.05. The van der Waals surface area contributed by atoms with Crippen LogP contribution in [0.4, 0.5) is 0 Å². The monoisotopic (exact) mass is 175 g/mol. The van der Waals surface area contributed by atoms with Crippen LogP contribution in [0, 0.1) is 0 Å². The number of carbonyl (C=O) groups excluding carboxylic acids is 1. The highest BCUT2D eigenvalue weighted by Gasteiger charge is 2.26. The van der Waals surface area contributed by atoms with Crippen LogP contribution >= 0.6 is 0 Å². The van der Waals surface area contributed by atoms with E-state index in [2.05, 4.69) is 12.2 Å². The maximum absolute atomic E-state index is 11.4. The molecule has 0 aromatic heterocycles. The van der Waals surface area contributed by atoms with Gasteiger partial charge in [-0.1, -0.05) is 31.5 Å². The number of nitrogens with one attached hydrogen (secondary N) is 1. The number of benzene rings is 1. The fourth-order valence-corrected chi connectivity index (χ4v) is 1.84. The SMILES string of the molecule is CCC[C@H]1NC(=O)c2ccccc21. The molecule has 13 heavy (non-hydrogen) atoms. The van der Waals surface area contributed by atoms with E-state index < -0.39 is 0 Å². The Bertz CT molecular complexity index is 333. The van der Waals surface area contributed by atoms with Crippen molar-refractivity contribution in [2.24, 2.45) is 0 Å². The maximum Gasteiger partial charge on any atom is 0.252 e. The summed E-state index contributed by atoms with van der Waals surface area (Å²) in [5.74, 6) is 0.0778. The molecule has 2 nitrogen and oxygen atoms in total. The lowest BCUT2D eigenvalue weighted by Gasteiger charge is -2.08. The summed E-state index contributed by atoms with van der Waals surface area (Å²) in [5.41, 5.74) is 2.01. The third-order valence-corrected chi connectivity index (χ3v) is 2.46. The molecule has 1 amide bonds. The lowest BCUT2D eigenvalue weighted by Crippen LogP contribution is -2.18. The highest BCUT2D eigenvalue weighted by atomic mass is 16.2. The van der Waals surface area contributed by atoms with Crippen LogP contribution in [0.25, 0.3) is 0 Å². The van der Waals surface area contributed by atoms with Crippen LogP contribution in [-0.2, 0) is 0 Å². The van der Waals surface area contributed by atoms with Gasteiger partial charge in [0.25, 0.3) is 5.91 Å². The molecule has 1 aromatic rings. The van der Waals surface area contributed by atoms with E-state index in [0.717, 1.165) is 24.0 Å². The van der Waals surface area contributed by atoms with E-state index in [9.17, 15) is 4.79 Å². The number of hydrogen-bond acceptors (Lipinski definition) is 1. The molecule has 0 saturated carbocycles. The maximum atomic E-state index is 11.4. The van der Waals surface area contributed by atoms with Crippen LogP contribution in [0.15, 0.2) is 24.3 Å². The zero-order valence-corrected chi connectivity index (χ0v) is 7.71. The van der Waals surface area contributed by atoms with Crippen molar-refractivity contribution in [2.45, 2.75) is 25.8 Å². The highest BCUT2D eigenvalue weighted by Crippen LogP contribution is 2.27. The van der Waals surface area contributed by atoms with Gasteiger partial charge in [-0.3, -0.25) is 4.79 Å². The summed E-state index contributed by atoms with van der Waals surface area (Å²) in [6.45, 7) is 2.13. The molecule has 0 bridgehead atoms. The first-order valence-corrected chi connectivity index (χ1v) is 4.72. The molecule has 1 aliphatic heterocycles. The Balaban J connectivity index is 2.36. The minimum Gasteiger partial charge on any atom is -0.345 e. The Morgan fingerprint density at radius 1 is 1.38 bits per heavy atom. The zero-order valence-electron chi connectivity index (χ0n) is 7.71. The zero-order chi connectivity index (χ0) is 9.26. The van der Waals surface area contributed by atoms with E-state index in [4.69, 9.17) is 0 Å². The Hall–Kier alpha value is -1.31. The largest absolute Gasteiger partial charge is 0.345 e. The third-order valence-electron chi connectivity index (χ3n) is 2.46. The lowest BCUT2D eigenvalue weighted by molar-refractivity contribution is 0.0955. The molecule has 0 saturated heterocycles. The van der Waals surface area contributed by atoms with Crippen LogP contribution in [0.5, 0.6) is 0 Å². The van der Waals surface area contributed by atoms with Crippen molar-refractivity contribution in [1.82, 2.24) is 5.32 Å². The average molecular weight is 175 g/mol. The minimum atomic E-state index is 0.0778. The summed E-state index contributed by atoms with van der Waals surface area (Å²) in [6, 6.07) is 8.07. The van der Waals surface area contributed by atoms with Gasteiger partial charge in [0.05, 0.1) is 6.04 Å². The van der Waals surface area contributed by atoms with Gasteiger partial charge in [0.1, 0.15) is 0 Å². The average Bonchev–Trinajstić information content (AvgIpc) is 2.46. The normalized spacial score (nSPS) is 19.8. The van der Waals surface area contributed by atoms with Crippen molar-refractivity contribution >= 4 is 5.91 Å². The van der Waals surface area contributed by atoms with Crippen LogP contribution in [0.3, 0.4) is 0 Å². The van der Waals surface area contributed by atoms with Crippen LogP contribution in [0.1, 0.15) is 41.7 Å². The minimum absolute atomic E-state index is 0.0778. The highest BCUT2D eigenvalue weighted by molar-refractivity contribution is 5.99. The van der Waals surface area contributed by atoms with Crippen molar-refractivity contribution < 1.29 is 4.79 Å². The van der Waals surface area contributed by atoms with Gasteiger partial charge >= 0.3 is 0 Å². The molecule has 1 aliphatic rings. The van der Waals surface area contributed by atoms with Crippen molar-refractivity contribution in [2.75, 3.05) is 0 Å². The molecule has 1 heterocycles. The van der Waals surface area contributed by atoms with Gasteiger partial charge in [-0.15, -0.1) is 0 Å². The predicted octanol–water partition coefficient (Wildman–Crippen LogP) is 2.27. The van der Waals surface area contributed by atoms with Gasteiger partial charge in [0.15, 0.2) is 0 Å². The molecule has 0 aliphatic carbocycles. The van der Waals surface area contributed by atoms with Crippen LogP contribution in [0.2, 0.25) is 0 Å². The van der Waals surface area contributed by atoms with Gasteiger partial charge < -0.3 is 5.32 Å². The topological polar surface area (TPSA) is 29.1 Å². The fourth-order valence-electron chi connectivity index (χ4n) is 1.84. The molecular weight excluding hydrogens is 162 g/mol. The molecule has 0 unspecified atom stereocenters. The summed E-state index contributed by atoms with van der Waals surface area (Å²) >= 11 is 0. The van der Waals surface area contributed by atoms with Gasteiger partial charge in [-0.25, -0.2) is 0 Å². The van der Waals surface area contributed by atoms with E-state index in [1.807, 2.05) is 24.3 Å². The second kappa shape index (κ2) is 3.21. The molecule has 1 aromatic carbocycles. The first kappa shape index (κ1) is 8.30. The Labute approximate surface area is 78.0 Å². The lowest BCUT2D eigenvalue weighted by atomic mass is 10.0. The molecule has 0 radical (unpaired) electrons. The molecule has 2 heteroatoms. The number of fused-ring (bicyclic) bond motifs is 1.